The number of hydrogen-bond donors (Lipinski definition) is 1. The van der Waals surface area contributed by atoms with E-state index in [2.05, 4.69) is 12.6 Å². The number of benzene rings is 1. The molecule has 0 amide bonds. The Bertz CT molecular complexity index is 342. The van der Waals surface area contributed by atoms with Crippen LogP contribution in [0.2, 0.25) is 0 Å². The molecule has 1 aliphatic rings. The summed E-state index contributed by atoms with van der Waals surface area (Å²) in [4.78, 5) is 0. The van der Waals surface area contributed by atoms with E-state index in [0.29, 0.717) is 24.2 Å². The van der Waals surface area contributed by atoms with E-state index in [-0.39, 0.29) is 5.44 Å². The molecular weight excluding hydrogens is 218 g/mol. The summed E-state index contributed by atoms with van der Waals surface area (Å²) in [7, 11) is 0. The summed E-state index contributed by atoms with van der Waals surface area (Å²) in [6, 6.07) is 2.51. The first-order valence-electron chi connectivity index (χ1n) is 5.00. The number of ether oxygens (including phenoxy) is 1. The SMILES string of the molecule is CC.Fc1ccc2c(c1F)CC[C@@H](S)O2. The third kappa shape index (κ3) is 2.62. The van der Waals surface area contributed by atoms with Crippen molar-refractivity contribution in [1.82, 2.24) is 0 Å². The van der Waals surface area contributed by atoms with Crippen molar-refractivity contribution in [2.45, 2.75) is 32.1 Å². The molecule has 1 heterocycles. The lowest BCUT2D eigenvalue weighted by molar-refractivity contribution is 0.252. The van der Waals surface area contributed by atoms with Crippen LogP contribution in [0.25, 0.3) is 0 Å². The van der Waals surface area contributed by atoms with Crippen LogP contribution in [0.1, 0.15) is 25.8 Å². The van der Waals surface area contributed by atoms with Crippen LogP contribution < -0.4 is 4.74 Å². The molecule has 1 aliphatic heterocycles. The Balaban J connectivity index is 0.000000531. The minimum Gasteiger partial charge on any atom is -0.480 e. The molecule has 0 spiro atoms. The monoisotopic (exact) mass is 232 g/mol. The Labute approximate surface area is 93.9 Å². The lowest BCUT2D eigenvalue weighted by Crippen LogP contribution is -2.18. The van der Waals surface area contributed by atoms with Gasteiger partial charge in [-0.1, -0.05) is 13.8 Å². The van der Waals surface area contributed by atoms with Crippen LogP contribution >= 0.6 is 12.6 Å². The fourth-order valence-corrected chi connectivity index (χ4v) is 1.63. The van der Waals surface area contributed by atoms with E-state index in [1.54, 1.807) is 0 Å². The molecule has 0 aromatic heterocycles. The van der Waals surface area contributed by atoms with Gasteiger partial charge in [0.05, 0.1) is 0 Å². The normalized spacial score (nSPS) is 18.3. The topological polar surface area (TPSA) is 9.23 Å². The van der Waals surface area contributed by atoms with Crippen molar-refractivity contribution in [3.63, 3.8) is 0 Å². The third-order valence-corrected chi connectivity index (χ3v) is 2.42. The minimum atomic E-state index is -0.819. The Morgan fingerprint density at radius 3 is 2.67 bits per heavy atom. The van der Waals surface area contributed by atoms with Crippen molar-refractivity contribution in [2.75, 3.05) is 0 Å². The Hall–Kier alpha value is -0.770. The summed E-state index contributed by atoms with van der Waals surface area (Å²) in [5, 5.41) is 0. The molecule has 1 atom stereocenters. The number of rotatable bonds is 0. The summed E-state index contributed by atoms with van der Waals surface area (Å²) in [6.45, 7) is 4.00. The highest BCUT2D eigenvalue weighted by Crippen LogP contribution is 2.31. The second-order valence-electron chi connectivity index (χ2n) is 2.95. The van der Waals surface area contributed by atoms with Crippen molar-refractivity contribution < 1.29 is 13.5 Å². The van der Waals surface area contributed by atoms with Crippen molar-refractivity contribution in [1.29, 1.82) is 0 Å². The summed E-state index contributed by atoms with van der Waals surface area (Å²) in [6.07, 6.45) is 1.09. The average Bonchev–Trinajstić information content (AvgIpc) is 2.26. The predicted octanol–water partition coefficient (Wildman–Crippen LogP) is 3.57. The zero-order valence-corrected chi connectivity index (χ0v) is 9.65. The van der Waals surface area contributed by atoms with E-state index >= 15 is 0 Å². The van der Waals surface area contributed by atoms with Crippen LogP contribution in [0.3, 0.4) is 0 Å². The summed E-state index contributed by atoms with van der Waals surface area (Å²) in [5.74, 6) is -1.21. The van der Waals surface area contributed by atoms with Crippen LogP contribution in [0, 0.1) is 11.6 Å². The zero-order valence-electron chi connectivity index (χ0n) is 8.76. The van der Waals surface area contributed by atoms with Crippen LogP contribution in [0.5, 0.6) is 5.75 Å². The molecule has 2 rings (SSSR count). The maximum Gasteiger partial charge on any atom is 0.165 e. The van der Waals surface area contributed by atoms with Gasteiger partial charge in [-0.25, -0.2) is 8.78 Å². The Morgan fingerprint density at radius 1 is 1.33 bits per heavy atom. The molecule has 15 heavy (non-hydrogen) atoms. The molecule has 1 aromatic carbocycles. The third-order valence-electron chi connectivity index (χ3n) is 2.06. The molecule has 0 unspecified atom stereocenters. The van der Waals surface area contributed by atoms with Gasteiger partial charge < -0.3 is 4.74 Å². The second-order valence-corrected chi connectivity index (χ2v) is 3.53. The molecular formula is C11H14F2OS. The maximum absolute atomic E-state index is 13.1. The molecule has 0 radical (unpaired) electrons. The van der Waals surface area contributed by atoms with Crippen LogP contribution in [0.4, 0.5) is 8.78 Å². The van der Waals surface area contributed by atoms with Crippen LogP contribution in [-0.4, -0.2) is 5.44 Å². The first-order valence-corrected chi connectivity index (χ1v) is 5.51. The van der Waals surface area contributed by atoms with E-state index in [0.717, 1.165) is 6.07 Å². The molecule has 4 heteroatoms. The quantitative estimate of drug-likeness (QED) is 0.673. The molecule has 0 saturated carbocycles. The highest BCUT2D eigenvalue weighted by Gasteiger charge is 2.21. The van der Waals surface area contributed by atoms with Gasteiger partial charge in [-0.2, -0.15) is 0 Å². The number of fused-ring (bicyclic) bond motifs is 1. The van der Waals surface area contributed by atoms with Gasteiger partial charge in [0, 0.05) is 5.56 Å². The van der Waals surface area contributed by atoms with Gasteiger partial charge in [-0.05, 0) is 25.0 Å². The minimum absolute atomic E-state index is 0.211. The molecule has 0 aliphatic carbocycles. The van der Waals surface area contributed by atoms with E-state index < -0.39 is 11.6 Å². The Morgan fingerprint density at radius 2 is 2.00 bits per heavy atom. The Kier molecular flexibility index (Phi) is 4.39. The van der Waals surface area contributed by atoms with Gasteiger partial charge in [0.2, 0.25) is 0 Å². The number of thiol groups is 1. The molecule has 1 aromatic rings. The van der Waals surface area contributed by atoms with Crippen molar-refractivity contribution in [3.8, 4) is 5.75 Å². The lowest BCUT2D eigenvalue weighted by atomic mass is 10.1. The van der Waals surface area contributed by atoms with E-state index in [1.165, 1.54) is 6.07 Å². The van der Waals surface area contributed by atoms with E-state index in [4.69, 9.17) is 4.74 Å². The lowest BCUT2D eigenvalue weighted by Gasteiger charge is -2.22. The molecule has 0 bridgehead atoms. The van der Waals surface area contributed by atoms with Crippen molar-refractivity contribution in [2.24, 2.45) is 0 Å². The fourth-order valence-electron chi connectivity index (χ4n) is 1.39. The van der Waals surface area contributed by atoms with Crippen LogP contribution in [-0.2, 0) is 6.42 Å². The highest BCUT2D eigenvalue weighted by molar-refractivity contribution is 7.80. The largest absolute Gasteiger partial charge is 0.480 e. The van der Waals surface area contributed by atoms with E-state index in [1.807, 2.05) is 13.8 Å². The molecule has 0 fully saturated rings. The maximum atomic E-state index is 13.1. The van der Waals surface area contributed by atoms with Gasteiger partial charge in [0.25, 0.3) is 0 Å². The molecule has 1 nitrogen and oxygen atoms in total. The standard InChI is InChI=1S/C9H8F2OS.C2H6/c10-6-2-3-7-5(9(6)11)1-4-8(13)12-7;1-2/h2-3,8,13H,1,4H2;1-2H3/t8-;/m1./s1. The first kappa shape index (κ1) is 12.3. The molecule has 0 saturated heterocycles. The van der Waals surface area contributed by atoms with Gasteiger partial charge in [0.1, 0.15) is 11.2 Å². The summed E-state index contributed by atoms with van der Waals surface area (Å²) >= 11 is 4.11. The van der Waals surface area contributed by atoms with Gasteiger partial charge in [-0.15, -0.1) is 12.6 Å². The zero-order chi connectivity index (χ0) is 11.4. The van der Waals surface area contributed by atoms with Crippen molar-refractivity contribution in [3.05, 3.63) is 29.3 Å². The second kappa shape index (κ2) is 5.35. The molecule has 0 N–H and O–H groups in total. The van der Waals surface area contributed by atoms with Crippen LogP contribution in [0.15, 0.2) is 12.1 Å². The number of halogens is 2. The van der Waals surface area contributed by atoms with E-state index in [9.17, 15) is 8.78 Å². The smallest absolute Gasteiger partial charge is 0.165 e. The van der Waals surface area contributed by atoms with Crippen molar-refractivity contribution >= 4 is 12.6 Å². The van der Waals surface area contributed by atoms with Gasteiger partial charge in [0.15, 0.2) is 11.6 Å². The summed E-state index contributed by atoms with van der Waals surface area (Å²) in [5.41, 5.74) is 0.114. The highest BCUT2D eigenvalue weighted by atomic mass is 32.1. The number of hydrogen-bond acceptors (Lipinski definition) is 2. The fraction of sp³-hybridized carbons (Fsp3) is 0.455. The van der Waals surface area contributed by atoms with Gasteiger partial charge in [-0.3, -0.25) is 0 Å². The predicted molar refractivity (Wildman–Crippen MR) is 59.4 cm³/mol. The average molecular weight is 232 g/mol. The summed E-state index contributed by atoms with van der Waals surface area (Å²) < 4.78 is 31.1. The van der Waals surface area contributed by atoms with Gasteiger partial charge >= 0.3 is 0 Å². The molecule has 84 valence electrons. The first-order chi connectivity index (χ1) is 7.18.